The van der Waals surface area contributed by atoms with E-state index in [9.17, 15) is 4.79 Å². The summed E-state index contributed by atoms with van der Waals surface area (Å²) >= 11 is 7.47. The maximum Gasteiger partial charge on any atom is 0.263 e. The van der Waals surface area contributed by atoms with Crippen LogP contribution >= 0.6 is 22.9 Å². The minimum atomic E-state index is -0.203. The second-order valence-electron chi connectivity index (χ2n) is 6.72. The van der Waals surface area contributed by atoms with Crippen LogP contribution in [0, 0.1) is 0 Å². The smallest absolute Gasteiger partial charge is 0.263 e. The van der Waals surface area contributed by atoms with E-state index < -0.39 is 0 Å². The molecule has 0 radical (unpaired) electrons. The van der Waals surface area contributed by atoms with Gasteiger partial charge in [-0.1, -0.05) is 41.9 Å². The van der Waals surface area contributed by atoms with Crippen molar-refractivity contribution in [3.05, 3.63) is 76.1 Å². The largest absolute Gasteiger partial charge is 0.497 e. The molecule has 0 bridgehead atoms. The van der Waals surface area contributed by atoms with Crippen molar-refractivity contribution in [1.29, 1.82) is 0 Å². The van der Waals surface area contributed by atoms with Gasteiger partial charge in [-0.2, -0.15) is 0 Å². The number of ether oxygens (including phenoxy) is 1. The first kappa shape index (κ1) is 20.2. The molecule has 4 aromatic rings. The van der Waals surface area contributed by atoms with E-state index >= 15 is 0 Å². The number of carbonyl (C=O) groups is 1. The number of pyridine rings is 1. The van der Waals surface area contributed by atoms with Gasteiger partial charge < -0.3 is 15.8 Å². The average molecular weight is 438 g/mol. The second kappa shape index (κ2) is 8.73. The highest BCUT2D eigenvalue weighted by atomic mass is 35.5. The molecule has 30 heavy (non-hydrogen) atoms. The molecule has 0 saturated carbocycles. The molecular formula is C23H20ClN3O2S. The van der Waals surface area contributed by atoms with E-state index in [2.05, 4.69) is 5.32 Å². The predicted octanol–water partition coefficient (Wildman–Crippen LogP) is 5.18. The molecule has 3 N–H and O–H groups in total. The quantitative estimate of drug-likeness (QED) is 0.435. The number of carbonyl (C=O) groups excluding carboxylic acids is 1. The molecule has 152 valence electrons. The Morgan fingerprint density at radius 3 is 2.80 bits per heavy atom. The number of nitrogen functional groups attached to an aromatic ring is 1. The average Bonchev–Trinajstić information content (AvgIpc) is 3.11. The van der Waals surface area contributed by atoms with Gasteiger partial charge in [-0.3, -0.25) is 4.79 Å². The molecule has 0 saturated heterocycles. The van der Waals surface area contributed by atoms with Gasteiger partial charge >= 0.3 is 0 Å². The van der Waals surface area contributed by atoms with E-state index in [1.54, 1.807) is 7.11 Å². The van der Waals surface area contributed by atoms with Gasteiger partial charge in [-0.05, 0) is 42.3 Å². The fourth-order valence-corrected chi connectivity index (χ4v) is 4.44. The number of aromatic nitrogens is 1. The zero-order valence-electron chi connectivity index (χ0n) is 16.3. The summed E-state index contributed by atoms with van der Waals surface area (Å²) in [4.78, 5) is 18.6. The van der Waals surface area contributed by atoms with Crippen LogP contribution in [0.25, 0.3) is 21.5 Å². The topological polar surface area (TPSA) is 77.2 Å². The first-order valence-electron chi connectivity index (χ1n) is 9.42. The van der Waals surface area contributed by atoms with E-state index in [1.807, 2.05) is 60.7 Å². The van der Waals surface area contributed by atoms with Gasteiger partial charge in [0.15, 0.2) is 0 Å². The van der Waals surface area contributed by atoms with Crippen LogP contribution in [0.2, 0.25) is 5.02 Å². The molecule has 0 aliphatic heterocycles. The lowest BCUT2D eigenvalue weighted by atomic mass is 10.1. The van der Waals surface area contributed by atoms with Crippen molar-refractivity contribution in [1.82, 2.24) is 10.3 Å². The molecule has 0 aliphatic rings. The van der Waals surface area contributed by atoms with Crippen LogP contribution in [0.1, 0.15) is 15.2 Å². The lowest BCUT2D eigenvalue weighted by Crippen LogP contribution is -2.25. The zero-order valence-corrected chi connectivity index (χ0v) is 17.9. The maximum absolute atomic E-state index is 12.7. The number of methoxy groups -OCH3 is 1. The minimum absolute atomic E-state index is 0.203. The van der Waals surface area contributed by atoms with E-state index in [1.165, 1.54) is 11.3 Å². The number of benzene rings is 2. The molecule has 1 amide bonds. The fraction of sp³-hybridized carbons (Fsp3) is 0.130. The molecule has 0 aliphatic carbocycles. The summed E-state index contributed by atoms with van der Waals surface area (Å²) in [5.41, 5.74) is 9.44. The van der Waals surface area contributed by atoms with Crippen LogP contribution in [0.15, 0.2) is 60.7 Å². The van der Waals surface area contributed by atoms with Crippen LogP contribution in [0.5, 0.6) is 5.75 Å². The lowest BCUT2D eigenvalue weighted by Gasteiger charge is -2.06. The number of fused-ring (bicyclic) bond motifs is 1. The molecule has 0 spiro atoms. The molecule has 4 rings (SSSR count). The van der Waals surface area contributed by atoms with Gasteiger partial charge in [-0.25, -0.2) is 4.98 Å². The zero-order chi connectivity index (χ0) is 21.1. The lowest BCUT2D eigenvalue weighted by molar-refractivity contribution is 0.0959. The maximum atomic E-state index is 12.7. The van der Waals surface area contributed by atoms with E-state index in [0.29, 0.717) is 28.6 Å². The van der Waals surface area contributed by atoms with Crippen molar-refractivity contribution in [3.63, 3.8) is 0 Å². The number of rotatable bonds is 6. The number of hydrogen-bond acceptors (Lipinski definition) is 5. The van der Waals surface area contributed by atoms with Crippen molar-refractivity contribution >= 4 is 44.7 Å². The first-order chi connectivity index (χ1) is 14.6. The van der Waals surface area contributed by atoms with Crippen molar-refractivity contribution in [2.24, 2.45) is 0 Å². The van der Waals surface area contributed by atoms with Crippen LogP contribution in [0.3, 0.4) is 0 Å². The standard InChI is InChI=1S/C23H20ClN3O2S/c1-29-16-7-4-6-15(13-16)19-10-9-17-20(25)21(30-23(17)27-19)22(28)26-12-11-14-5-2-3-8-18(14)24/h2-10,13H,11-12,25H2,1H3,(H,26,28). The van der Waals surface area contributed by atoms with Crippen LogP contribution in [0.4, 0.5) is 5.69 Å². The highest BCUT2D eigenvalue weighted by molar-refractivity contribution is 7.21. The predicted molar refractivity (Wildman–Crippen MR) is 124 cm³/mol. The molecule has 2 heterocycles. The molecule has 7 heteroatoms. The van der Waals surface area contributed by atoms with Crippen molar-refractivity contribution in [3.8, 4) is 17.0 Å². The van der Waals surface area contributed by atoms with Gasteiger partial charge in [0, 0.05) is 22.5 Å². The van der Waals surface area contributed by atoms with E-state index in [-0.39, 0.29) is 5.91 Å². The van der Waals surface area contributed by atoms with E-state index in [4.69, 9.17) is 27.1 Å². The molecule has 2 aromatic heterocycles. The summed E-state index contributed by atoms with van der Waals surface area (Å²) in [5.74, 6) is 0.559. The number of thiophene rings is 1. The van der Waals surface area contributed by atoms with Crippen LogP contribution in [-0.4, -0.2) is 24.5 Å². The van der Waals surface area contributed by atoms with Crippen molar-refractivity contribution in [2.45, 2.75) is 6.42 Å². The van der Waals surface area contributed by atoms with Crippen molar-refractivity contribution < 1.29 is 9.53 Å². The Kier molecular flexibility index (Phi) is 5.88. The fourth-order valence-electron chi connectivity index (χ4n) is 3.20. The summed E-state index contributed by atoms with van der Waals surface area (Å²) in [6.45, 7) is 0.471. The number of nitrogens with two attached hydrogens (primary N) is 1. The van der Waals surface area contributed by atoms with Crippen LogP contribution < -0.4 is 15.8 Å². The summed E-state index contributed by atoms with van der Waals surface area (Å²) in [6.07, 6.45) is 0.647. The number of amides is 1. The van der Waals surface area contributed by atoms with Gasteiger partial charge in [0.25, 0.3) is 5.91 Å². The summed E-state index contributed by atoms with van der Waals surface area (Å²) in [7, 11) is 1.63. The van der Waals surface area contributed by atoms with Crippen molar-refractivity contribution in [2.75, 3.05) is 19.4 Å². The molecule has 0 fully saturated rings. The molecule has 5 nitrogen and oxygen atoms in total. The molecular weight excluding hydrogens is 418 g/mol. The Bertz CT molecular complexity index is 1220. The summed E-state index contributed by atoms with van der Waals surface area (Å²) in [6, 6.07) is 19.1. The number of nitrogens with zero attached hydrogens (tertiary/aromatic N) is 1. The van der Waals surface area contributed by atoms with Gasteiger partial charge in [0.1, 0.15) is 15.5 Å². The third-order valence-electron chi connectivity index (χ3n) is 4.80. The minimum Gasteiger partial charge on any atom is -0.497 e. The highest BCUT2D eigenvalue weighted by Gasteiger charge is 2.17. The Morgan fingerprint density at radius 1 is 1.17 bits per heavy atom. The molecule has 2 aromatic carbocycles. The Hall–Kier alpha value is -3.09. The van der Waals surface area contributed by atoms with Gasteiger partial charge in [-0.15, -0.1) is 11.3 Å². The number of anilines is 1. The number of halogens is 1. The van der Waals surface area contributed by atoms with E-state index in [0.717, 1.165) is 32.8 Å². The third-order valence-corrected chi connectivity index (χ3v) is 6.29. The Labute approximate surface area is 183 Å². The van der Waals surface area contributed by atoms with Crippen LogP contribution in [-0.2, 0) is 6.42 Å². The summed E-state index contributed by atoms with van der Waals surface area (Å²) in [5, 5.41) is 4.40. The SMILES string of the molecule is COc1cccc(-c2ccc3c(N)c(C(=O)NCCc4ccccc4Cl)sc3n2)c1. The van der Waals surface area contributed by atoms with Gasteiger partial charge in [0.05, 0.1) is 18.5 Å². The van der Waals surface area contributed by atoms with Gasteiger partial charge in [0.2, 0.25) is 0 Å². The monoisotopic (exact) mass is 437 g/mol. The number of hydrogen-bond donors (Lipinski definition) is 2. The molecule has 0 unspecified atom stereocenters. The molecule has 0 atom stereocenters. The number of nitrogens with one attached hydrogen (secondary N) is 1. The Balaban J connectivity index is 1.53. The highest BCUT2D eigenvalue weighted by Crippen LogP contribution is 2.34. The summed E-state index contributed by atoms with van der Waals surface area (Å²) < 4.78 is 5.29. The Morgan fingerprint density at radius 2 is 2.00 bits per heavy atom. The third kappa shape index (κ3) is 4.10. The normalized spacial score (nSPS) is 10.9. The second-order valence-corrected chi connectivity index (χ2v) is 8.13. The first-order valence-corrected chi connectivity index (χ1v) is 10.6.